The van der Waals surface area contributed by atoms with E-state index >= 15 is 0 Å². The first-order valence-corrected chi connectivity index (χ1v) is 9.37. The molecule has 0 spiro atoms. The number of ether oxygens (including phenoxy) is 3. The molecule has 1 unspecified atom stereocenters. The second-order valence-corrected chi connectivity index (χ2v) is 6.54. The Morgan fingerprint density at radius 3 is 2.55 bits per heavy atom. The lowest BCUT2D eigenvalue weighted by molar-refractivity contribution is -0.333. The third kappa shape index (κ3) is 6.48. The van der Waals surface area contributed by atoms with Gasteiger partial charge in [0.25, 0.3) is 6.29 Å². The Morgan fingerprint density at radius 1 is 1.19 bits per heavy atom. The Balaban J connectivity index is 2.05. The fourth-order valence-electron chi connectivity index (χ4n) is 2.94. The van der Waals surface area contributed by atoms with Crippen molar-refractivity contribution in [2.24, 2.45) is 5.92 Å². The van der Waals surface area contributed by atoms with Crippen LogP contribution in [0.2, 0.25) is 0 Å². The van der Waals surface area contributed by atoms with Crippen molar-refractivity contribution in [1.82, 2.24) is 0 Å². The minimum absolute atomic E-state index is 0.0160. The predicted octanol–water partition coefficient (Wildman–Crippen LogP) is 2.04. The molecule has 31 heavy (non-hydrogen) atoms. The summed E-state index contributed by atoms with van der Waals surface area (Å²) in [5, 5.41) is 18.9. The Morgan fingerprint density at radius 2 is 1.94 bits per heavy atom. The molecule has 1 heterocycles. The van der Waals surface area contributed by atoms with Gasteiger partial charge < -0.3 is 24.4 Å². The van der Waals surface area contributed by atoms with Crippen molar-refractivity contribution in [1.29, 1.82) is 0 Å². The summed E-state index contributed by atoms with van der Waals surface area (Å²) >= 11 is 0. The Labute approximate surface area is 178 Å². The molecule has 0 saturated carbocycles. The Bertz CT molecular complexity index is 886. The van der Waals surface area contributed by atoms with Crippen molar-refractivity contribution in [2.75, 3.05) is 13.7 Å². The number of phenolic OH excluding ortho intramolecular Hbond substituents is 2. The van der Waals surface area contributed by atoms with Crippen molar-refractivity contribution >= 4 is 17.9 Å². The average Bonchev–Trinajstić information content (AvgIpc) is 2.74. The molecule has 0 amide bonds. The molecule has 0 aromatic heterocycles. The monoisotopic (exact) mass is 436 g/mol. The zero-order valence-corrected chi connectivity index (χ0v) is 17.3. The summed E-state index contributed by atoms with van der Waals surface area (Å²) in [5.41, 5.74) is 1.12. The molecule has 2 N–H and O–H groups in total. The van der Waals surface area contributed by atoms with Gasteiger partial charge >= 0.3 is 17.9 Å². The second-order valence-electron chi connectivity index (χ2n) is 6.54. The zero-order valence-electron chi connectivity index (χ0n) is 17.3. The van der Waals surface area contributed by atoms with Gasteiger partial charge in [-0.3, -0.25) is 9.68 Å². The number of esters is 2. The lowest BCUT2D eigenvalue weighted by Crippen LogP contribution is -2.33. The molecule has 0 radical (unpaired) electrons. The Kier molecular flexibility index (Phi) is 8.44. The maximum atomic E-state index is 12.4. The second kappa shape index (κ2) is 11.0. The van der Waals surface area contributed by atoms with Gasteiger partial charge in [0, 0.05) is 24.8 Å². The minimum atomic E-state index is -1.14. The summed E-state index contributed by atoms with van der Waals surface area (Å²) in [5.74, 6) is -3.28. The SMILES string of the molecule is CC=C1C(CC(=O)OCCc2ccc(O)c(O)c2)C(C(=O)OC)=CO[C@H]1OOC(C)=O. The van der Waals surface area contributed by atoms with Gasteiger partial charge in [-0.2, -0.15) is 0 Å². The van der Waals surface area contributed by atoms with Crippen LogP contribution >= 0.6 is 0 Å². The van der Waals surface area contributed by atoms with E-state index in [-0.39, 0.29) is 30.1 Å². The van der Waals surface area contributed by atoms with Crippen LogP contribution in [0.5, 0.6) is 11.5 Å². The molecule has 2 rings (SSSR count). The van der Waals surface area contributed by atoms with Gasteiger partial charge in [-0.25, -0.2) is 9.59 Å². The van der Waals surface area contributed by atoms with E-state index in [1.807, 2.05) is 0 Å². The molecule has 1 aliphatic heterocycles. The number of hydrogen-bond acceptors (Lipinski definition) is 10. The van der Waals surface area contributed by atoms with Crippen LogP contribution in [0.25, 0.3) is 0 Å². The third-order valence-corrected chi connectivity index (χ3v) is 4.44. The van der Waals surface area contributed by atoms with E-state index in [1.54, 1.807) is 19.1 Å². The summed E-state index contributed by atoms with van der Waals surface area (Å²) in [4.78, 5) is 45.0. The highest BCUT2D eigenvalue weighted by molar-refractivity contribution is 5.90. The minimum Gasteiger partial charge on any atom is -0.504 e. The van der Waals surface area contributed by atoms with Crippen LogP contribution in [-0.2, 0) is 44.8 Å². The van der Waals surface area contributed by atoms with Crippen molar-refractivity contribution in [3.63, 3.8) is 0 Å². The van der Waals surface area contributed by atoms with Crippen LogP contribution in [0.15, 0.2) is 41.7 Å². The highest BCUT2D eigenvalue weighted by atomic mass is 17.2. The molecule has 1 aromatic rings. The van der Waals surface area contributed by atoms with Crippen LogP contribution in [0.3, 0.4) is 0 Å². The number of rotatable bonds is 8. The maximum absolute atomic E-state index is 12.4. The van der Waals surface area contributed by atoms with E-state index in [1.165, 1.54) is 19.2 Å². The predicted molar refractivity (Wildman–Crippen MR) is 104 cm³/mol. The largest absolute Gasteiger partial charge is 0.504 e. The average molecular weight is 436 g/mol. The molecule has 0 fully saturated rings. The molecular formula is C21H24O10. The highest BCUT2D eigenvalue weighted by Crippen LogP contribution is 2.34. The standard InChI is InChI=1S/C21H24O10/c1-4-14-15(16(20(26)27-3)11-29-21(14)31-30-12(2)22)10-19(25)28-8-7-13-5-6-17(23)18(24)9-13/h4-6,9,11,15,21,23-24H,7-8,10H2,1-3H3/t15?,21-/m0/s1. The lowest BCUT2D eigenvalue weighted by Gasteiger charge is -2.30. The number of carbonyl (C=O) groups is 3. The number of aromatic hydroxyl groups is 2. The number of methoxy groups -OCH3 is 1. The van der Waals surface area contributed by atoms with Crippen molar-refractivity contribution in [3.05, 3.63) is 47.2 Å². The van der Waals surface area contributed by atoms with Gasteiger partial charge in [-0.05, 0) is 24.6 Å². The van der Waals surface area contributed by atoms with Gasteiger partial charge in [0.05, 0.1) is 32.0 Å². The highest BCUT2D eigenvalue weighted by Gasteiger charge is 2.38. The van der Waals surface area contributed by atoms with Gasteiger partial charge in [0.2, 0.25) is 0 Å². The normalized spacial score (nSPS) is 19.2. The lowest BCUT2D eigenvalue weighted by atomic mass is 9.86. The first kappa shape index (κ1) is 23.7. The van der Waals surface area contributed by atoms with E-state index in [2.05, 4.69) is 4.89 Å². The number of hydrogen-bond donors (Lipinski definition) is 2. The smallest absolute Gasteiger partial charge is 0.339 e. The Hall–Kier alpha value is -3.53. The number of allylic oxidation sites excluding steroid dienone is 1. The van der Waals surface area contributed by atoms with Gasteiger partial charge in [-0.1, -0.05) is 12.1 Å². The van der Waals surface area contributed by atoms with E-state index < -0.39 is 30.1 Å². The molecule has 0 bridgehead atoms. The topological polar surface area (TPSA) is 138 Å². The van der Waals surface area contributed by atoms with Crippen molar-refractivity contribution in [2.45, 2.75) is 33.0 Å². The van der Waals surface area contributed by atoms with Gasteiger partial charge in [0.15, 0.2) is 11.5 Å². The first-order chi connectivity index (χ1) is 14.8. The van der Waals surface area contributed by atoms with Crippen LogP contribution in [0.4, 0.5) is 0 Å². The fraction of sp³-hybridized carbons (Fsp3) is 0.381. The quantitative estimate of drug-likeness (QED) is 0.205. The van der Waals surface area contributed by atoms with E-state index in [9.17, 15) is 24.6 Å². The van der Waals surface area contributed by atoms with E-state index in [4.69, 9.17) is 19.1 Å². The van der Waals surface area contributed by atoms with E-state index in [0.717, 1.165) is 13.2 Å². The summed E-state index contributed by atoms with van der Waals surface area (Å²) < 4.78 is 15.3. The molecule has 1 aliphatic rings. The molecule has 168 valence electrons. The fourth-order valence-corrected chi connectivity index (χ4v) is 2.94. The molecule has 2 atom stereocenters. The molecule has 10 heteroatoms. The molecule has 0 saturated heterocycles. The molecule has 0 aliphatic carbocycles. The van der Waals surface area contributed by atoms with Crippen LogP contribution < -0.4 is 0 Å². The summed E-state index contributed by atoms with van der Waals surface area (Å²) in [6.45, 7) is 2.82. The van der Waals surface area contributed by atoms with Crippen molar-refractivity contribution in [3.8, 4) is 11.5 Å². The van der Waals surface area contributed by atoms with Crippen molar-refractivity contribution < 1.29 is 48.6 Å². The number of carbonyl (C=O) groups excluding carboxylic acids is 3. The molecule has 1 aromatic carbocycles. The van der Waals surface area contributed by atoms with Crippen LogP contribution in [0, 0.1) is 5.92 Å². The first-order valence-electron chi connectivity index (χ1n) is 9.37. The van der Waals surface area contributed by atoms with Gasteiger partial charge in [0.1, 0.15) is 0 Å². The maximum Gasteiger partial charge on any atom is 0.339 e. The van der Waals surface area contributed by atoms with Crippen LogP contribution in [-0.4, -0.2) is 48.1 Å². The number of phenols is 2. The summed E-state index contributed by atoms with van der Waals surface area (Å²) in [6, 6.07) is 4.30. The third-order valence-electron chi connectivity index (χ3n) is 4.44. The molecule has 10 nitrogen and oxygen atoms in total. The van der Waals surface area contributed by atoms with Crippen LogP contribution in [0.1, 0.15) is 25.8 Å². The zero-order chi connectivity index (χ0) is 23.0. The van der Waals surface area contributed by atoms with E-state index in [0.29, 0.717) is 17.6 Å². The van der Waals surface area contributed by atoms with Gasteiger partial charge in [-0.15, -0.1) is 4.89 Å². The molecular weight excluding hydrogens is 412 g/mol. The summed E-state index contributed by atoms with van der Waals surface area (Å²) in [6.07, 6.45) is 1.64. The summed E-state index contributed by atoms with van der Waals surface area (Å²) in [7, 11) is 1.20. The number of benzene rings is 1.